The zero-order valence-electron chi connectivity index (χ0n) is 15.0. The molecule has 0 bridgehead atoms. The maximum absolute atomic E-state index is 11.7. The SMILES string of the molecule is COc1cccc(CN2CCC[C@@H](c3nc(C)cc(=O)[nH]3)C2)c1OC. The van der Waals surface area contributed by atoms with Crippen LogP contribution in [0.25, 0.3) is 0 Å². The van der Waals surface area contributed by atoms with Gasteiger partial charge in [-0.25, -0.2) is 4.98 Å². The van der Waals surface area contributed by atoms with Crippen molar-refractivity contribution in [3.05, 3.63) is 51.7 Å². The van der Waals surface area contributed by atoms with Gasteiger partial charge in [0.05, 0.1) is 14.2 Å². The van der Waals surface area contributed by atoms with Crippen LogP contribution in [0.5, 0.6) is 11.5 Å². The Hall–Kier alpha value is -2.34. The van der Waals surface area contributed by atoms with Gasteiger partial charge in [-0.15, -0.1) is 0 Å². The van der Waals surface area contributed by atoms with Gasteiger partial charge in [-0.2, -0.15) is 0 Å². The second kappa shape index (κ2) is 7.70. The topological polar surface area (TPSA) is 67.5 Å². The van der Waals surface area contributed by atoms with Crippen molar-refractivity contribution in [1.82, 2.24) is 14.9 Å². The van der Waals surface area contributed by atoms with E-state index in [0.717, 1.165) is 61.1 Å². The zero-order valence-corrected chi connectivity index (χ0v) is 15.0. The van der Waals surface area contributed by atoms with Crippen LogP contribution in [-0.4, -0.2) is 42.2 Å². The number of aryl methyl sites for hydroxylation is 1. The number of likely N-dealkylation sites (tertiary alicyclic amines) is 1. The lowest BCUT2D eigenvalue weighted by molar-refractivity contribution is 0.193. The largest absolute Gasteiger partial charge is 0.493 e. The molecule has 2 heterocycles. The van der Waals surface area contributed by atoms with Crippen molar-refractivity contribution >= 4 is 0 Å². The number of hydrogen-bond donors (Lipinski definition) is 1. The Kier molecular flexibility index (Phi) is 5.38. The first-order valence-electron chi connectivity index (χ1n) is 8.60. The number of aromatic amines is 1. The third-order valence-corrected chi connectivity index (χ3v) is 4.66. The Morgan fingerprint density at radius 2 is 2.16 bits per heavy atom. The van der Waals surface area contributed by atoms with E-state index in [4.69, 9.17) is 9.47 Å². The minimum Gasteiger partial charge on any atom is -0.493 e. The molecular weight excluding hydrogens is 318 g/mol. The number of piperidine rings is 1. The second-order valence-corrected chi connectivity index (χ2v) is 6.50. The van der Waals surface area contributed by atoms with Crippen molar-refractivity contribution < 1.29 is 9.47 Å². The summed E-state index contributed by atoms with van der Waals surface area (Å²) in [6.45, 7) is 4.53. The summed E-state index contributed by atoms with van der Waals surface area (Å²) in [5.41, 5.74) is 1.80. The van der Waals surface area contributed by atoms with E-state index >= 15 is 0 Å². The lowest BCUT2D eigenvalue weighted by Gasteiger charge is -2.32. The summed E-state index contributed by atoms with van der Waals surface area (Å²) in [5.74, 6) is 2.58. The maximum Gasteiger partial charge on any atom is 0.251 e. The first-order valence-corrected chi connectivity index (χ1v) is 8.60. The smallest absolute Gasteiger partial charge is 0.251 e. The van der Waals surface area contributed by atoms with Crippen molar-refractivity contribution in [3.63, 3.8) is 0 Å². The van der Waals surface area contributed by atoms with Crippen LogP contribution in [0.1, 0.15) is 35.8 Å². The first kappa shape index (κ1) is 17.5. The van der Waals surface area contributed by atoms with Crippen molar-refractivity contribution in [2.24, 2.45) is 0 Å². The quantitative estimate of drug-likeness (QED) is 0.903. The first-order chi connectivity index (χ1) is 12.1. The molecule has 6 heteroatoms. The van der Waals surface area contributed by atoms with E-state index in [9.17, 15) is 4.79 Å². The maximum atomic E-state index is 11.7. The van der Waals surface area contributed by atoms with Gasteiger partial charge in [-0.1, -0.05) is 12.1 Å². The molecule has 1 aliphatic rings. The van der Waals surface area contributed by atoms with Crippen LogP contribution in [0, 0.1) is 6.92 Å². The van der Waals surface area contributed by atoms with Crippen LogP contribution < -0.4 is 15.0 Å². The Bertz CT molecular complexity index is 788. The van der Waals surface area contributed by atoms with Crippen molar-refractivity contribution in [2.45, 2.75) is 32.2 Å². The van der Waals surface area contributed by atoms with E-state index in [0.29, 0.717) is 0 Å². The van der Waals surface area contributed by atoms with E-state index < -0.39 is 0 Å². The van der Waals surface area contributed by atoms with Crippen LogP contribution in [0.2, 0.25) is 0 Å². The van der Waals surface area contributed by atoms with Crippen LogP contribution >= 0.6 is 0 Å². The van der Waals surface area contributed by atoms with E-state index in [2.05, 4.69) is 20.9 Å². The Labute approximate surface area is 147 Å². The van der Waals surface area contributed by atoms with E-state index in [-0.39, 0.29) is 11.5 Å². The van der Waals surface area contributed by atoms with Crippen LogP contribution in [-0.2, 0) is 6.54 Å². The molecule has 134 valence electrons. The third kappa shape index (κ3) is 4.02. The van der Waals surface area contributed by atoms with Gasteiger partial charge in [0.2, 0.25) is 0 Å². The fourth-order valence-corrected chi connectivity index (χ4v) is 3.54. The number of nitrogens with one attached hydrogen (secondary N) is 1. The minimum absolute atomic E-state index is 0.0749. The molecule has 6 nitrogen and oxygen atoms in total. The van der Waals surface area contributed by atoms with Crippen molar-refractivity contribution in [2.75, 3.05) is 27.3 Å². The van der Waals surface area contributed by atoms with Gasteiger partial charge in [-0.05, 0) is 32.4 Å². The molecule has 0 saturated carbocycles. The molecule has 0 amide bonds. The number of aromatic nitrogens is 2. The van der Waals surface area contributed by atoms with Crippen LogP contribution in [0.15, 0.2) is 29.1 Å². The molecule has 0 spiro atoms. The predicted octanol–water partition coefficient (Wildman–Crippen LogP) is 2.48. The molecule has 1 aromatic carbocycles. The summed E-state index contributed by atoms with van der Waals surface area (Å²) in [6, 6.07) is 7.49. The summed E-state index contributed by atoms with van der Waals surface area (Å²) >= 11 is 0. The molecule has 0 aliphatic carbocycles. The van der Waals surface area contributed by atoms with Gasteiger partial charge in [0.15, 0.2) is 11.5 Å². The molecule has 1 aromatic heterocycles. The standard InChI is InChI=1S/C19H25N3O3/c1-13-10-17(23)21-19(20-13)15-7-5-9-22(12-15)11-14-6-4-8-16(24-2)18(14)25-3/h4,6,8,10,15H,5,7,9,11-12H2,1-3H3,(H,20,21,23)/t15-/m1/s1. The second-order valence-electron chi connectivity index (χ2n) is 6.50. The van der Waals surface area contributed by atoms with Crippen LogP contribution in [0.3, 0.4) is 0 Å². The Morgan fingerprint density at radius 1 is 1.32 bits per heavy atom. The lowest BCUT2D eigenvalue weighted by Crippen LogP contribution is -2.35. The summed E-state index contributed by atoms with van der Waals surface area (Å²) in [6.07, 6.45) is 2.12. The molecule has 1 atom stereocenters. The number of ether oxygens (including phenoxy) is 2. The van der Waals surface area contributed by atoms with Crippen LogP contribution in [0.4, 0.5) is 0 Å². The van der Waals surface area contributed by atoms with Gasteiger partial charge in [0.25, 0.3) is 5.56 Å². The van der Waals surface area contributed by atoms with Gasteiger partial charge < -0.3 is 14.5 Å². The number of hydrogen-bond acceptors (Lipinski definition) is 5. The number of methoxy groups -OCH3 is 2. The average Bonchev–Trinajstić information content (AvgIpc) is 2.61. The fraction of sp³-hybridized carbons (Fsp3) is 0.474. The molecular formula is C19H25N3O3. The summed E-state index contributed by atoms with van der Waals surface area (Å²) in [4.78, 5) is 21.6. The Balaban J connectivity index is 1.77. The molecule has 1 N–H and O–H groups in total. The normalized spacial score (nSPS) is 18.1. The number of para-hydroxylation sites is 1. The minimum atomic E-state index is -0.0749. The number of H-pyrrole nitrogens is 1. The monoisotopic (exact) mass is 343 g/mol. The van der Waals surface area contributed by atoms with Gasteiger partial charge in [0.1, 0.15) is 5.82 Å². The molecule has 2 aromatic rings. The van der Waals surface area contributed by atoms with E-state index in [1.165, 1.54) is 6.07 Å². The number of nitrogens with zero attached hydrogens (tertiary/aromatic N) is 2. The van der Waals surface area contributed by atoms with E-state index in [1.807, 2.05) is 19.1 Å². The number of benzene rings is 1. The lowest BCUT2D eigenvalue weighted by atomic mass is 9.96. The Morgan fingerprint density at radius 3 is 2.88 bits per heavy atom. The highest BCUT2D eigenvalue weighted by Gasteiger charge is 2.24. The summed E-state index contributed by atoms with van der Waals surface area (Å²) in [5, 5.41) is 0. The number of rotatable bonds is 5. The molecule has 25 heavy (non-hydrogen) atoms. The van der Waals surface area contributed by atoms with Crippen molar-refractivity contribution in [1.29, 1.82) is 0 Å². The summed E-state index contributed by atoms with van der Waals surface area (Å²) in [7, 11) is 3.32. The van der Waals surface area contributed by atoms with Gasteiger partial charge in [0, 0.05) is 36.3 Å². The molecule has 1 saturated heterocycles. The fourth-order valence-electron chi connectivity index (χ4n) is 3.54. The molecule has 0 radical (unpaired) electrons. The molecule has 1 aliphatic heterocycles. The zero-order chi connectivity index (χ0) is 17.8. The molecule has 1 fully saturated rings. The highest BCUT2D eigenvalue weighted by Crippen LogP contribution is 2.33. The highest BCUT2D eigenvalue weighted by atomic mass is 16.5. The third-order valence-electron chi connectivity index (χ3n) is 4.66. The molecule has 3 rings (SSSR count). The van der Waals surface area contributed by atoms with E-state index in [1.54, 1.807) is 14.2 Å². The molecule has 0 unspecified atom stereocenters. The predicted molar refractivity (Wildman–Crippen MR) is 96.4 cm³/mol. The highest BCUT2D eigenvalue weighted by molar-refractivity contribution is 5.46. The van der Waals surface area contributed by atoms with Gasteiger partial charge in [-0.3, -0.25) is 9.69 Å². The van der Waals surface area contributed by atoms with Crippen molar-refractivity contribution in [3.8, 4) is 11.5 Å². The average molecular weight is 343 g/mol. The summed E-state index contributed by atoms with van der Waals surface area (Å²) < 4.78 is 10.9. The van der Waals surface area contributed by atoms with Gasteiger partial charge >= 0.3 is 0 Å².